The minimum atomic E-state index is -1.12. The molecule has 0 unspecified atom stereocenters. The van der Waals surface area contributed by atoms with Crippen molar-refractivity contribution in [2.45, 2.75) is 6.54 Å². The highest BCUT2D eigenvalue weighted by Gasteiger charge is 2.35. The first kappa shape index (κ1) is 17.9. The lowest BCUT2D eigenvalue weighted by Gasteiger charge is -2.12. The summed E-state index contributed by atoms with van der Waals surface area (Å²) in [7, 11) is 1.20. The van der Waals surface area contributed by atoms with Gasteiger partial charge in [0.2, 0.25) is 5.82 Å². The molecular formula is C18H13F2NO4S. The molecule has 2 aromatic carbocycles. The second-order valence-corrected chi connectivity index (χ2v) is 6.45. The molecular weight excluding hydrogens is 364 g/mol. The van der Waals surface area contributed by atoms with Crippen LogP contribution in [0.1, 0.15) is 11.1 Å². The number of carbonyl (C=O) groups excluding carboxylic acids is 2. The number of hydrogen-bond donors (Lipinski definition) is 1. The molecule has 1 aliphatic rings. The predicted octanol–water partition coefficient (Wildman–Crippen LogP) is 3.92. The van der Waals surface area contributed by atoms with Gasteiger partial charge in [0, 0.05) is 0 Å². The largest absolute Gasteiger partial charge is 0.508 e. The topological polar surface area (TPSA) is 66.8 Å². The molecule has 134 valence electrons. The normalized spacial score (nSPS) is 15.8. The van der Waals surface area contributed by atoms with E-state index < -0.39 is 22.8 Å². The number of aromatic hydroxyl groups is 1. The van der Waals surface area contributed by atoms with Crippen molar-refractivity contribution < 1.29 is 28.2 Å². The average molecular weight is 377 g/mol. The van der Waals surface area contributed by atoms with Gasteiger partial charge in [0.05, 0.1) is 18.6 Å². The Kier molecular flexibility index (Phi) is 4.94. The van der Waals surface area contributed by atoms with Crippen molar-refractivity contribution in [3.8, 4) is 11.5 Å². The maximum Gasteiger partial charge on any atom is 0.293 e. The van der Waals surface area contributed by atoms with E-state index in [1.54, 1.807) is 12.1 Å². The number of carbonyl (C=O) groups is 2. The van der Waals surface area contributed by atoms with Gasteiger partial charge in [-0.05, 0) is 53.2 Å². The van der Waals surface area contributed by atoms with E-state index in [4.69, 9.17) is 4.74 Å². The van der Waals surface area contributed by atoms with Gasteiger partial charge < -0.3 is 9.84 Å². The summed E-state index contributed by atoms with van der Waals surface area (Å²) in [6.07, 6.45) is 1.30. The average Bonchev–Trinajstić information content (AvgIpc) is 2.85. The number of ether oxygens (including phenoxy) is 1. The fourth-order valence-electron chi connectivity index (χ4n) is 2.44. The van der Waals surface area contributed by atoms with Crippen molar-refractivity contribution in [3.05, 3.63) is 64.1 Å². The molecule has 5 nitrogen and oxygen atoms in total. The zero-order valence-electron chi connectivity index (χ0n) is 13.5. The van der Waals surface area contributed by atoms with E-state index in [9.17, 15) is 23.5 Å². The van der Waals surface area contributed by atoms with Crippen molar-refractivity contribution in [2.24, 2.45) is 0 Å². The Bertz CT molecular complexity index is 929. The zero-order chi connectivity index (χ0) is 18.8. The van der Waals surface area contributed by atoms with Crippen LogP contribution in [-0.4, -0.2) is 28.3 Å². The van der Waals surface area contributed by atoms with Crippen LogP contribution < -0.4 is 4.74 Å². The first-order valence-corrected chi connectivity index (χ1v) is 8.27. The molecule has 8 heteroatoms. The summed E-state index contributed by atoms with van der Waals surface area (Å²) >= 11 is 0.703. The lowest BCUT2D eigenvalue weighted by atomic mass is 10.1. The first-order chi connectivity index (χ1) is 12.4. The molecule has 0 saturated carbocycles. The minimum Gasteiger partial charge on any atom is -0.508 e. The second kappa shape index (κ2) is 7.17. The van der Waals surface area contributed by atoms with Gasteiger partial charge in [-0.2, -0.15) is 4.39 Å². The molecule has 0 spiro atoms. The number of methoxy groups -OCH3 is 1. The molecule has 1 aliphatic heterocycles. The fraction of sp³-hybridized carbons (Fsp3) is 0.111. The van der Waals surface area contributed by atoms with Crippen molar-refractivity contribution in [1.82, 2.24) is 4.90 Å². The Labute approximate surface area is 151 Å². The number of phenols is 1. The number of nitrogens with zero attached hydrogens (tertiary/aromatic N) is 1. The summed E-state index contributed by atoms with van der Waals surface area (Å²) < 4.78 is 31.8. The number of thioether (sulfide) groups is 1. The van der Waals surface area contributed by atoms with Crippen LogP contribution in [0, 0.1) is 11.6 Å². The van der Waals surface area contributed by atoms with Crippen LogP contribution in [0.15, 0.2) is 41.3 Å². The van der Waals surface area contributed by atoms with Gasteiger partial charge in [0.1, 0.15) is 5.75 Å². The SMILES string of the molecule is COc1cc(/C=C2\SC(=O)N(Cc3cccc(O)c3)C2=O)cc(F)c1F. The van der Waals surface area contributed by atoms with Crippen LogP contribution in [0.2, 0.25) is 0 Å². The molecule has 1 saturated heterocycles. The molecule has 2 amide bonds. The van der Waals surface area contributed by atoms with Gasteiger partial charge in [-0.1, -0.05) is 12.1 Å². The Morgan fingerprint density at radius 1 is 1.23 bits per heavy atom. The van der Waals surface area contributed by atoms with E-state index in [1.807, 2.05) is 0 Å². The quantitative estimate of drug-likeness (QED) is 0.818. The standard InChI is InChI=1S/C18H13F2NO4S/c1-25-14-7-11(6-13(19)16(14)20)8-15-17(23)21(18(24)26-15)9-10-3-2-4-12(22)5-10/h2-8,22H,9H2,1H3/b15-8-. The van der Waals surface area contributed by atoms with Gasteiger partial charge in [0.25, 0.3) is 11.1 Å². The monoisotopic (exact) mass is 377 g/mol. The van der Waals surface area contributed by atoms with Crippen molar-refractivity contribution in [2.75, 3.05) is 7.11 Å². The number of imide groups is 1. The van der Waals surface area contributed by atoms with E-state index >= 15 is 0 Å². The van der Waals surface area contributed by atoms with Gasteiger partial charge >= 0.3 is 0 Å². The summed E-state index contributed by atoms with van der Waals surface area (Å²) in [5.41, 5.74) is 0.784. The first-order valence-electron chi connectivity index (χ1n) is 7.45. The summed E-state index contributed by atoms with van der Waals surface area (Å²) in [6, 6.07) is 8.36. The van der Waals surface area contributed by atoms with E-state index in [0.29, 0.717) is 17.3 Å². The molecule has 1 N–H and O–H groups in total. The summed E-state index contributed by atoms with van der Waals surface area (Å²) in [6.45, 7) is -0.00247. The highest BCUT2D eigenvalue weighted by molar-refractivity contribution is 8.18. The molecule has 0 radical (unpaired) electrons. The van der Waals surface area contributed by atoms with Crippen LogP contribution in [0.5, 0.6) is 11.5 Å². The van der Waals surface area contributed by atoms with Crippen LogP contribution in [0.4, 0.5) is 13.6 Å². The molecule has 0 bridgehead atoms. The number of amides is 2. The lowest BCUT2D eigenvalue weighted by molar-refractivity contribution is -0.123. The molecule has 3 rings (SSSR count). The van der Waals surface area contributed by atoms with Crippen LogP contribution >= 0.6 is 11.8 Å². The summed E-state index contributed by atoms with van der Waals surface area (Å²) in [5.74, 6) is -3.06. The molecule has 1 heterocycles. The summed E-state index contributed by atoms with van der Waals surface area (Å²) in [5, 5.41) is 8.99. The molecule has 0 aliphatic carbocycles. The van der Waals surface area contributed by atoms with Gasteiger partial charge in [-0.25, -0.2) is 4.39 Å². The number of rotatable bonds is 4. The number of halogens is 2. The molecule has 0 aromatic heterocycles. The summed E-state index contributed by atoms with van der Waals surface area (Å²) in [4.78, 5) is 25.7. The maximum absolute atomic E-state index is 13.6. The van der Waals surface area contributed by atoms with E-state index in [-0.39, 0.29) is 28.5 Å². The second-order valence-electron chi connectivity index (χ2n) is 5.46. The molecule has 1 fully saturated rings. The zero-order valence-corrected chi connectivity index (χ0v) is 14.3. The van der Waals surface area contributed by atoms with E-state index in [1.165, 1.54) is 31.4 Å². The lowest BCUT2D eigenvalue weighted by Crippen LogP contribution is -2.27. The van der Waals surface area contributed by atoms with Crippen LogP contribution in [-0.2, 0) is 11.3 Å². The third-order valence-corrected chi connectivity index (χ3v) is 4.57. The third-order valence-electron chi connectivity index (χ3n) is 3.66. The van der Waals surface area contributed by atoms with Crippen LogP contribution in [0.3, 0.4) is 0 Å². The number of hydrogen-bond acceptors (Lipinski definition) is 5. The van der Waals surface area contributed by atoms with E-state index in [0.717, 1.165) is 11.0 Å². The number of phenolic OH excluding ortho intramolecular Hbond substituents is 1. The highest BCUT2D eigenvalue weighted by atomic mass is 32.2. The molecule has 26 heavy (non-hydrogen) atoms. The van der Waals surface area contributed by atoms with Gasteiger partial charge in [-0.3, -0.25) is 14.5 Å². The maximum atomic E-state index is 13.6. The smallest absolute Gasteiger partial charge is 0.293 e. The fourth-order valence-corrected chi connectivity index (χ4v) is 3.28. The Hall–Kier alpha value is -2.87. The Morgan fingerprint density at radius 2 is 2.00 bits per heavy atom. The van der Waals surface area contributed by atoms with Crippen molar-refractivity contribution >= 4 is 29.0 Å². The van der Waals surface area contributed by atoms with Crippen LogP contribution in [0.25, 0.3) is 6.08 Å². The Morgan fingerprint density at radius 3 is 2.69 bits per heavy atom. The third kappa shape index (κ3) is 3.55. The number of benzene rings is 2. The van der Waals surface area contributed by atoms with Gasteiger partial charge in [0.15, 0.2) is 11.6 Å². The molecule has 2 aromatic rings. The van der Waals surface area contributed by atoms with Crippen molar-refractivity contribution in [1.29, 1.82) is 0 Å². The Balaban J connectivity index is 1.87. The minimum absolute atomic E-state index is 0.00247. The van der Waals surface area contributed by atoms with Crippen molar-refractivity contribution in [3.63, 3.8) is 0 Å². The predicted molar refractivity (Wildman–Crippen MR) is 92.5 cm³/mol. The molecule has 0 atom stereocenters. The van der Waals surface area contributed by atoms with E-state index in [2.05, 4.69) is 0 Å². The van der Waals surface area contributed by atoms with Gasteiger partial charge in [-0.15, -0.1) is 0 Å². The highest BCUT2D eigenvalue weighted by Crippen LogP contribution is 2.34.